The van der Waals surface area contributed by atoms with Crippen molar-refractivity contribution in [2.24, 2.45) is 0 Å². The number of rotatable bonds is 20. The van der Waals surface area contributed by atoms with Crippen molar-refractivity contribution >= 4 is 0 Å². The van der Waals surface area contributed by atoms with Crippen molar-refractivity contribution in [1.29, 1.82) is 0 Å². The van der Waals surface area contributed by atoms with E-state index >= 15 is 0 Å². The van der Waals surface area contributed by atoms with Crippen LogP contribution in [-0.4, -0.2) is 30.4 Å². The second kappa shape index (κ2) is 16.8. The van der Waals surface area contributed by atoms with Crippen molar-refractivity contribution in [1.82, 2.24) is 0 Å². The highest BCUT2D eigenvalue weighted by atomic mass is 16.8. The molecule has 3 unspecified atom stereocenters. The van der Waals surface area contributed by atoms with E-state index in [2.05, 4.69) is 31.2 Å². The maximum Gasteiger partial charge on any atom is 0.190 e. The van der Waals surface area contributed by atoms with E-state index in [9.17, 15) is 0 Å². The lowest BCUT2D eigenvalue weighted by Gasteiger charge is -2.26. The fraction of sp³-hybridized carbons (Fsp3) is 0.812. The predicted molar refractivity (Wildman–Crippen MR) is 148 cm³/mol. The molecule has 0 aromatic heterocycles. The minimum atomic E-state index is -0.608. The number of unbranched alkanes of at least 4 members (excludes halogenated alkanes) is 15. The Morgan fingerprint density at radius 3 is 1.78 bits per heavy atom. The Bertz CT molecular complexity index is 676. The van der Waals surface area contributed by atoms with Crippen LogP contribution in [0, 0.1) is 0 Å². The van der Waals surface area contributed by atoms with E-state index < -0.39 is 5.79 Å². The average molecular weight is 503 g/mol. The van der Waals surface area contributed by atoms with Crippen LogP contribution in [0.3, 0.4) is 0 Å². The SMILES string of the molecule is CCCCCCCCCCCCCCCCCCC1OC2OC(C)(C)OC2[C@@H]1OCc1ccccc1. The summed E-state index contributed by atoms with van der Waals surface area (Å²) in [5.74, 6) is -0.608. The van der Waals surface area contributed by atoms with Crippen LogP contribution in [0.1, 0.15) is 135 Å². The molecule has 1 aromatic rings. The van der Waals surface area contributed by atoms with Gasteiger partial charge in [-0.2, -0.15) is 0 Å². The van der Waals surface area contributed by atoms with Crippen molar-refractivity contribution in [3.8, 4) is 0 Å². The van der Waals surface area contributed by atoms with Crippen molar-refractivity contribution < 1.29 is 18.9 Å². The second-order valence-electron chi connectivity index (χ2n) is 11.5. The Hall–Kier alpha value is -0.940. The first-order valence-corrected chi connectivity index (χ1v) is 15.3. The monoisotopic (exact) mass is 502 g/mol. The molecule has 0 aliphatic carbocycles. The molecule has 0 bridgehead atoms. The minimum Gasteiger partial charge on any atom is -0.368 e. The fourth-order valence-corrected chi connectivity index (χ4v) is 5.64. The average Bonchev–Trinajstić information content (AvgIpc) is 3.34. The van der Waals surface area contributed by atoms with Crippen LogP contribution in [0.4, 0.5) is 0 Å². The summed E-state index contributed by atoms with van der Waals surface area (Å²) < 4.78 is 24.8. The zero-order valence-electron chi connectivity index (χ0n) is 23.6. The lowest BCUT2D eigenvalue weighted by atomic mass is 10.0. The van der Waals surface area contributed by atoms with Crippen LogP contribution in [0.5, 0.6) is 0 Å². The van der Waals surface area contributed by atoms with Crippen LogP contribution in [0.15, 0.2) is 30.3 Å². The maximum absolute atomic E-state index is 6.36. The molecule has 4 heteroatoms. The third-order valence-corrected chi connectivity index (χ3v) is 7.71. The molecule has 3 rings (SSSR count). The molecule has 206 valence electrons. The standard InChI is InChI=1S/C32H54O4/c1-4-5-6-7-8-9-10-11-12-13-14-15-16-17-18-22-25-28-29(33-26-27-23-20-19-21-24-27)30-31(34-28)36-32(2,3)35-30/h19-21,23-24,28-31H,4-18,22,25-26H2,1-3H3/t28?,29-,30?,31?/m1/s1. The molecule has 0 N–H and O–H groups in total. The Kier molecular flexibility index (Phi) is 13.8. The summed E-state index contributed by atoms with van der Waals surface area (Å²) in [6.07, 6.45) is 22.8. The van der Waals surface area contributed by atoms with Gasteiger partial charge >= 0.3 is 0 Å². The lowest BCUT2D eigenvalue weighted by molar-refractivity contribution is -0.219. The van der Waals surface area contributed by atoms with Crippen LogP contribution >= 0.6 is 0 Å². The first-order valence-electron chi connectivity index (χ1n) is 15.3. The minimum absolute atomic E-state index is 0.0476. The van der Waals surface area contributed by atoms with Gasteiger partial charge in [-0.1, -0.05) is 140 Å². The van der Waals surface area contributed by atoms with Gasteiger partial charge in [0.2, 0.25) is 0 Å². The highest BCUT2D eigenvalue weighted by molar-refractivity contribution is 5.13. The highest BCUT2D eigenvalue weighted by Gasteiger charge is 2.55. The third kappa shape index (κ3) is 10.8. The van der Waals surface area contributed by atoms with Gasteiger partial charge in [-0.05, 0) is 25.8 Å². The lowest BCUT2D eigenvalue weighted by Crippen LogP contribution is -2.36. The number of hydrogen-bond donors (Lipinski definition) is 0. The third-order valence-electron chi connectivity index (χ3n) is 7.71. The van der Waals surface area contributed by atoms with Crippen LogP contribution in [-0.2, 0) is 25.6 Å². The fourth-order valence-electron chi connectivity index (χ4n) is 5.64. The van der Waals surface area contributed by atoms with Crippen molar-refractivity contribution in [3.63, 3.8) is 0 Å². The summed E-state index contributed by atoms with van der Waals surface area (Å²) in [6, 6.07) is 10.4. The summed E-state index contributed by atoms with van der Waals surface area (Å²) in [4.78, 5) is 0. The summed E-state index contributed by atoms with van der Waals surface area (Å²) in [6.45, 7) is 6.78. The summed E-state index contributed by atoms with van der Waals surface area (Å²) in [5, 5.41) is 0. The molecule has 2 aliphatic heterocycles. The molecule has 4 nitrogen and oxygen atoms in total. The van der Waals surface area contributed by atoms with E-state index in [4.69, 9.17) is 18.9 Å². The molecule has 0 amide bonds. The Morgan fingerprint density at radius 1 is 0.694 bits per heavy atom. The van der Waals surface area contributed by atoms with Gasteiger partial charge in [0.05, 0.1) is 12.7 Å². The molecule has 2 heterocycles. The van der Waals surface area contributed by atoms with E-state index in [0.717, 1.165) is 6.42 Å². The summed E-state index contributed by atoms with van der Waals surface area (Å²) >= 11 is 0. The highest BCUT2D eigenvalue weighted by Crippen LogP contribution is 2.40. The van der Waals surface area contributed by atoms with Crippen LogP contribution in [0.2, 0.25) is 0 Å². The normalized spacial score (nSPS) is 24.9. The Balaban J connectivity index is 1.21. The van der Waals surface area contributed by atoms with Gasteiger partial charge in [0.15, 0.2) is 12.1 Å². The van der Waals surface area contributed by atoms with Gasteiger partial charge in [-0.25, -0.2) is 0 Å². The predicted octanol–water partition coefficient (Wildman–Crippen LogP) is 9.10. The molecule has 0 spiro atoms. The number of fused-ring (bicyclic) bond motifs is 1. The van der Waals surface area contributed by atoms with Gasteiger partial charge < -0.3 is 18.9 Å². The molecule has 1 aromatic carbocycles. The molecular formula is C32H54O4. The van der Waals surface area contributed by atoms with Crippen LogP contribution in [0.25, 0.3) is 0 Å². The molecule has 2 saturated heterocycles. The Labute approximate surface area is 221 Å². The largest absolute Gasteiger partial charge is 0.368 e. The molecule has 4 atom stereocenters. The quantitative estimate of drug-likeness (QED) is 0.167. The first kappa shape index (κ1) is 29.6. The van der Waals surface area contributed by atoms with Crippen LogP contribution < -0.4 is 0 Å². The topological polar surface area (TPSA) is 36.9 Å². The van der Waals surface area contributed by atoms with E-state index in [1.54, 1.807) is 0 Å². The molecule has 36 heavy (non-hydrogen) atoms. The van der Waals surface area contributed by atoms with Crippen molar-refractivity contribution in [3.05, 3.63) is 35.9 Å². The zero-order chi connectivity index (χ0) is 25.5. The maximum atomic E-state index is 6.36. The van der Waals surface area contributed by atoms with E-state index in [-0.39, 0.29) is 24.6 Å². The summed E-state index contributed by atoms with van der Waals surface area (Å²) in [7, 11) is 0. The second-order valence-corrected chi connectivity index (χ2v) is 11.5. The number of benzene rings is 1. The molecule has 0 radical (unpaired) electrons. The number of ether oxygens (including phenoxy) is 4. The Morgan fingerprint density at radius 2 is 1.22 bits per heavy atom. The molecule has 2 aliphatic rings. The van der Waals surface area contributed by atoms with E-state index in [1.165, 1.54) is 108 Å². The zero-order valence-corrected chi connectivity index (χ0v) is 23.6. The van der Waals surface area contributed by atoms with Gasteiger partial charge in [-0.3, -0.25) is 0 Å². The molecular weight excluding hydrogens is 448 g/mol. The van der Waals surface area contributed by atoms with Crippen molar-refractivity contribution in [2.75, 3.05) is 0 Å². The molecule has 2 fully saturated rings. The van der Waals surface area contributed by atoms with E-state index in [0.29, 0.717) is 6.61 Å². The van der Waals surface area contributed by atoms with E-state index in [1.807, 2.05) is 19.9 Å². The first-order chi connectivity index (χ1) is 17.6. The van der Waals surface area contributed by atoms with Gasteiger partial charge in [-0.15, -0.1) is 0 Å². The smallest absolute Gasteiger partial charge is 0.190 e. The molecule has 0 saturated carbocycles. The summed E-state index contributed by atoms with van der Waals surface area (Å²) in [5.41, 5.74) is 1.18. The van der Waals surface area contributed by atoms with Crippen molar-refractivity contribution in [2.45, 2.75) is 167 Å². The van der Waals surface area contributed by atoms with Gasteiger partial charge in [0.1, 0.15) is 12.2 Å². The number of hydrogen-bond acceptors (Lipinski definition) is 4. The van der Waals surface area contributed by atoms with Gasteiger partial charge in [0, 0.05) is 0 Å². The van der Waals surface area contributed by atoms with Gasteiger partial charge in [0.25, 0.3) is 0 Å².